The number of rotatable bonds is 5. The van der Waals surface area contributed by atoms with Gasteiger partial charge in [-0.2, -0.15) is 4.31 Å². The van der Waals surface area contributed by atoms with Gasteiger partial charge in [0.05, 0.1) is 11.6 Å². The Morgan fingerprint density at radius 1 is 0.750 bits per heavy atom. The summed E-state index contributed by atoms with van der Waals surface area (Å²) in [6.45, 7) is 0. The van der Waals surface area contributed by atoms with Gasteiger partial charge in [0.15, 0.2) is 0 Å². The molecule has 4 rings (SSSR count). The average Bonchev–Trinajstić information content (AvgIpc) is 2.75. The summed E-state index contributed by atoms with van der Waals surface area (Å²) in [5.74, 6) is 0. The highest BCUT2D eigenvalue weighted by Gasteiger charge is 2.31. The highest BCUT2D eigenvalue weighted by molar-refractivity contribution is 7.89. The summed E-state index contributed by atoms with van der Waals surface area (Å²) in [5, 5.41) is 0.799. The van der Waals surface area contributed by atoms with Gasteiger partial charge in [-0.05, 0) is 23.3 Å². The summed E-state index contributed by atoms with van der Waals surface area (Å²) in [4.78, 5) is 4.54. The summed E-state index contributed by atoms with van der Waals surface area (Å²) < 4.78 is 28.7. The quantitative estimate of drug-likeness (QED) is 0.500. The molecule has 0 radical (unpaired) electrons. The SMILES string of the molecule is CN(C(c1ccccc1)c1ccccc1)S(=O)(=O)c1cccc2cccnc12. The maximum atomic E-state index is 13.6. The molecule has 140 valence electrons. The molecule has 1 heterocycles. The molecule has 0 aliphatic rings. The number of hydrogen-bond donors (Lipinski definition) is 0. The van der Waals surface area contributed by atoms with E-state index in [4.69, 9.17) is 0 Å². The molecule has 0 unspecified atom stereocenters. The predicted octanol–water partition coefficient (Wildman–Crippen LogP) is 4.64. The van der Waals surface area contributed by atoms with Crippen molar-refractivity contribution >= 4 is 20.9 Å². The van der Waals surface area contributed by atoms with E-state index in [1.165, 1.54) is 4.31 Å². The topological polar surface area (TPSA) is 50.3 Å². The van der Waals surface area contributed by atoms with E-state index in [1.807, 2.05) is 72.8 Å². The van der Waals surface area contributed by atoms with Crippen molar-refractivity contribution < 1.29 is 8.42 Å². The number of para-hydroxylation sites is 1. The fourth-order valence-corrected chi connectivity index (χ4v) is 4.96. The molecule has 4 aromatic rings. The average molecular weight is 388 g/mol. The van der Waals surface area contributed by atoms with Crippen LogP contribution in [0.3, 0.4) is 0 Å². The van der Waals surface area contributed by atoms with E-state index in [0.29, 0.717) is 5.52 Å². The minimum Gasteiger partial charge on any atom is -0.255 e. The Labute approximate surface area is 165 Å². The number of nitrogens with zero attached hydrogens (tertiary/aromatic N) is 2. The Bertz CT molecular complexity index is 1150. The van der Waals surface area contributed by atoms with Crippen molar-refractivity contribution in [2.24, 2.45) is 0 Å². The Hall–Kier alpha value is -3.02. The van der Waals surface area contributed by atoms with Crippen LogP contribution in [0.4, 0.5) is 0 Å². The Balaban J connectivity index is 1.87. The number of fused-ring (bicyclic) bond motifs is 1. The van der Waals surface area contributed by atoms with E-state index in [1.54, 1.807) is 31.4 Å². The van der Waals surface area contributed by atoms with Crippen molar-refractivity contribution in [3.8, 4) is 0 Å². The molecular formula is C23H20N2O2S. The molecule has 0 N–H and O–H groups in total. The third-order valence-corrected chi connectivity index (χ3v) is 6.70. The molecule has 5 heteroatoms. The predicted molar refractivity (Wildman–Crippen MR) is 111 cm³/mol. The van der Waals surface area contributed by atoms with E-state index in [2.05, 4.69) is 4.98 Å². The first kappa shape index (κ1) is 18.3. The number of hydrogen-bond acceptors (Lipinski definition) is 3. The minimum absolute atomic E-state index is 0.213. The van der Waals surface area contributed by atoms with Crippen LogP contribution in [0.25, 0.3) is 10.9 Å². The summed E-state index contributed by atoms with van der Waals surface area (Å²) in [7, 11) is -2.16. The molecule has 28 heavy (non-hydrogen) atoms. The third-order valence-electron chi connectivity index (χ3n) is 4.85. The Kier molecular flexibility index (Phi) is 4.94. The monoisotopic (exact) mass is 388 g/mol. The van der Waals surface area contributed by atoms with Crippen LogP contribution in [0.15, 0.2) is 102 Å². The first-order valence-corrected chi connectivity index (χ1v) is 10.4. The van der Waals surface area contributed by atoms with Gasteiger partial charge in [0.25, 0.3) is 0 Å². The minimum atomic E-state index is -3.79. The number of pyridine rings is 1. The van der Waals surface area contributed by atoms with Gasteiger partial charge in [-0.1, -0.05) is 78.9 Å². The molecule has 0 bridgehead atoms. The molecule has 0 fully saturated rings. The lowest BCUT2D eigenvalue weighted by Gasteiger charge is -2.28. The Morgan fingerprint density at radius 2 is 1.32 bits per heavy atom. The fourth-order valence-electron chi connectivity index (χ4n) is 3.46. The molecule has 0 amide bonds. The molecule has 0 aliphatic heterocycles. The third kappa shape index (κ3) is 3.30. The first-order chi connectivity index (χ1) is 13.6. The molecule has 0 aliphatic carbocycles. The standard InChI is InChI=1S/C23H20N2O2S/c1-25(23(19-10-4-2-5-11-19)20-12-6-3-7-13-20)28(26,27)21-16-8-14-18-15-9-17-24-22(18)21/h2-17,23H,1H3. The lowest BCUT2D eigenvalue weighted by Crippen LogP contribution is -2.32. The summed E-state index contributed by atoms with van der Waals surface area (Å²) in [5.41, 5.74) is 2.30. The van der Waals surface area contributed by atoms with Crippen molar-refractivity contribution in [1.29, 1.82) is 0 Å². The van der Waals surface area contributed by atoms with E-state index in [0.717, 1.165) is 16.5 Å². The van der Waals surface area contributed by atoms with E-state index in [9.17, 15) is 8.42 Å². The van der Waals surface area contributed by atoms with Crippen LogP contribution < -0.4 is 0 Å². The number of aromatic nitrogens is 1. The molecule has 1 aromatic heterocycles. The number of sulfonamides is 1. The molecule has 4 nitrogen and oxygen atoms in total. The fraction of sp³-hybridized carbons (Fsp3) is 0.0870. The van der Waals surface area contributed by atoms with E-state index in [-0.39, 0.29) is 4.90 Å². The smallest absolute Gasteiger partial charge is 0.245 e. The normalized spacial score (nSPS) is 12.0. The highest BCUT2D eigenvalue weighted by Crippen LogP contribution is 2.33. The summed E-state index contributed by atoms with van der Waals surface area (Å²) in [6.07, 6.45) is 1.62. The van der Waals surface area contributed by atoms with Crippen molar-refractivity contribution in [3.05, 3.63) is 108 Å². The van der Waals surface area contributed by atoms with Crippen molar-refractivity contribution in [2.45, 2.75) is 10.9 Å². The molecule has 0 saturated carbocycles. The zero-order valence-electron chi connectivity index (χ0n) is 15.4. The van der Waals surface area contributed by atoms with Gasteiger partial charge in [-0.15, -0.1) is 0 Å². The maximum Gasteiger partial charge on any atom is 0.245 e. The van der Waals surface area contributed by atoms with Crippen molar-refractivity contribution in [3.63, 3.8) is 0 Å². The zero-order valence-corrected chi connectivity index (χ0v) is 16.3. The summed E-state index contributed by atoms with van der Waals surface area (Å²) >= 11 is 0. The van der Waals surface area contributed by atoms with Gasteiger partial charge < -0.3 is 0 Å². The van der Waals surface area contributed by atoms with Crippen LogP contribution in [-0.4, -0.2) is 24.8 Å². The zero-order chi connectivity index (χ0) is 19.6. The lowest BCUT2D eigenvalue weighted by atomic mass is 9.99. The largest absolute Gasteiger partial charge is 0.255 e. The number of benzene rings is 3. The van der Waals surface area contributed by atoms with Crippen LogP contribution in [0.1, 0.15) is 17.2 Å². The highest BCUT2D eigenvalue weighted by atomic mass is 32.2. The van der Waals surface area contributed by atoms with E-state index >= 15 is 0 Å². The van der Waals surface area contributed by atoms with Crippen LogP contribution in [0.5, 0.6) is 0 Å². The Morgan fingerprint density at radius 3 is 1.93 bits per heavy atom. The van der Waals surface area contributed by atoms with Crippen LogP contribution in [0.2, 0.25) is 0 Å². The van der Waals surface area contributed by atoms with Crippen LogP contribution in [-0.2, 0) is 10.0 Å². The van der Waals surface area contributed by atoms with Crippen LogP contribution in [0, 0.1) is 0 Å². The van der Waals surface area contributed by atoms with Crippen LogP contribution >= 0.6 is 0 Å². The van der Waals surface area contributed by atoms with Gasteiger partial charge in [0, 0.05) is 18.6 Å². The van der Waals surface area contributed by atoms with Crippen molar-refractivity contribution in [2.75, 3.05) is 7.05 Å². The van der Waals surface area contributed by atoms with E-state index < -0.39 is 16.1 Å². The lowest BCUT2D eigenvalue weighted by molar-refractivity contribution is 0.418. The van der Waals surface area contributed by atoms with Gasteiger partial charge >= 0.3 is 0 Å². The van der Waals surface area contributed by atoms with Crippen molar-refractivity contribution in [1.82, 2.24) is 9.29 Å². The van der Waals surface area contributed by atoms with Gasteiger partial charge in [0.1, 0.15) is 4.90 Å². The van der Waals surface area contributed by atoms with Gasteiger partial charge in [0.2, 0.25) is 10.0 Å². The molecule has 0 spiro atoms. The molecular weight excluding hydrogens is 368 g/mol. The molecule has 0 atom stereocenters. The molecule has 0 saturated heterocycles. The summed E-state index contributed by atoms with van der Waals surface area (Å²) in [6, 6.07) is 27.8. The second-order valence-electron chi connectivity index (χ2n) is 6.58. The maximum absolute atomic E-state index is 13.6. The van der Waals surface area contributed by atoms with Gasteiger partial charge in [-0.25, -0.2) is 8.42 Å². The van der Waals surface area contributed by atoms with Gasteiger partial charge in [-0.3, -0.25) is 4.98 Å². The second-order valence-corrected chi connectivity index (χ2v) is 8.54. The molecule has 3 aromatic carbocycles. The first-order valence-electron chi connectivity index (χ1n) is 9.01. The second kappa shape index (κ2) is 7.54.